The summed E-state index contributed by atoms with van der Waals surface area (Å²) >= 11 is 6.12. The van der Waals surface area contributed by atoms with Gasteiger partial charge in [0.1, 0.15) is 12.1 Å². The lowest BCUT2D eigenvalue weighted by Crippen LogP contribution is -2.43. The van der Waals surface area contributed by atoms with E-state index in [-0.39, 0.29) is 17.9 Å². The highest BCUT2D eigenvalue weighted by molar-refractivity contribution is 6.33. The van der Waals surface area contributed by atoms with Crippen LogP contribution in [-0.2, 0) is 27.3 Å². The second kappa shape index (κ2) is 13.0. The SMILES string of the molecule is COC(=O)[C@H](Cc1ccc(-c2ccccc2CN[C@@H](C(=O)O)C(C)C)cc1)NC(=O)c1ccccc1Cl. The second-order valence-electron chi connectivity index (χ2n) is 9.03. The lowest BCUT2D eigenvalue weighted by atomic mass is 9.96. The summed E-state index contributed by atoms with van der Waals surface area (Å²) in [6, 6.07) is 20.6. The van der Waals surface area contributed by atoms with Crippen LogP contribution < -0.4 is 10.6 Å². The van der Waals surface area contributed by atoms with Gasteiger partial charge in [-0.25, -0.2) is 4.79 Å². The maximum Gasteiger partial charge on any atom is 0.328 e. The molecule has 3 aromatic carbocycles. The van der Waals surface area contributed by atoms with Gasteiger partial charge in [-0.2, -0.15) is 0 Å². The summed E-state index contributed by atoms with van der Waals surface area (Å²) in [5.41, 5.74) is 4.01. The molecular weight excluding hydrogens is 492 g/mol. The third kappa shape index (κ3) is 7.41. The predicted octanol–water partition coefficient (Wildman–Crippen LogP) is 4.72. The lowest BCUT2D eigenvalue weighted by molar-refractivity contribution is -0.143. The number of esters is 1. The number of hydrogen-bond acceptors (Lipinski definition) is 5. The third-order valence-electron chi connectivity index (χ3n) is 6.08. The molecule has 194 valence electrons. The summed E-state index contributed by atoms with van der Waals surface area (Å²) in [4.78, 5) is 36.7. The van der Waals surface area contributed by atoms with Gasteiger partial charge in [-0.15, -0.1) is 0 Å². The Bertz CT molecular complexity index is 1240. The Morgan fingerprint density at radius 1 is 0.946 bits per heavy atom. The van der Waals surface area contributed by atoms with Gasteiger partial charge >= 0.3 is 11.9 Å². The van der Waals surface area contributed by atoms with Crippen molar-refractivity contribution in [2.24, 2.45) is 5.92 Å². The fourth-order valence-corrected chi connectivity index (χ4v) is 4.28. The minimum atomic E-state index is -0.889. The van der Waals surface area contributed by atoms with Crippen LogP contribution >= 0.6 is 11.6 Å². The molecule has 0 aromatic heterocycles. The van der Waals surface area contributed by atoms with Crippen molar-refractivity contribution in [2.75, 3.05) is 7.11 Å². The van der Waals surface area contributed by atoms with Crippen molar-refractivity contribution in [3.8, 4) is 11.1 Å². The number of carboxylic acid groups (broad SMARTS) is 1. The van der Waals surface area contributed by atoms with Crippen molar-refractivity contribution in [1.82, 2.24) is 10.6 Å². The van der Waals surface area contributed by atoms with Gasteiger partial charge in [-0.1, -0.05) is 86.1 Å². The van der Waals surface area contributed by atoms with Crippen molar-refractivity contribution in [2.45, 2.75) is 38.9 Å². The molecule has 0 saturated heterocycles. The number of nitrogens with one attached hydrogen (secondary N) is 2. The van der Waals surface area contributed by atoms with Crippen LogP contribution in [0.25, 0.3) is 11.1 Å². The topological polar surface area (TPSA) is 105 Å². The second-order valence-corrected chi connectivity index (χ2v) is 9.44. The van der Waals surface area contributed by atoms with E-state index >= 15 is 0 Å². The first kappa shape index (κ1) is 27.9. The first-order valence-corrected chi connectivity index (χ1v) is 12.4. The summed E-state index contributed by atoms with van der Waals surface area (Å²) < 4.78 is 4.90. The molecule has 2 atom stereocenters. The minimum Gasteiger partial charge on any atom is -0.480 e. The number of benzene rings is 3. The number of hydrogen-bond donors (Lipinski definition) is 3. The summed E-state index contributed by atoms with van der Waals surface area (Å²) in [6.07, 6.45) is 0.237. The van der Waals surface area contributed by atoms with Crippen LogP contribution in [0.3, 0.4) is 0 Å². The van der Waals surface area contributed by atoms with Crippen molar-refractivity contribution in [3.05, 3.63) is 94.5 Å². The van der Waals surface area contributed by atoms with Gasteiger partial charge in [0.2, 0.25) is 0 Å². The molecule has 0 unspecified atom stereocenters. The first-order valence-electron chi connectivity index (χ1n) is 12.0. The molecule has 37 heavy (non-hydrogen) atoms. The van der Waals surface area contributed by atoms with Crippen molar-refractivity contribution in [3.63, 3.8) is 0 Å². The molecule has 0 aliphatic carbocycles. The van der Waals surface area contributed by atoms with Crippen molar-refractivity contribution in [1.29, 1.82) is 0 Å². The molecule has 3 aromatic rings. The molecule has 3 rings (SSSR count). The van der Waals surface area contributed by atoms with Gasteiger partial charge in [0.05, 0.1) is 17.7 Å². The van der Waals surface area contributed by atoms with Crippen LogP contribution in [0.4, 0.5) is 0 Å². The molecule has 0 heterocycles. The largest absolute Gasteiger partial charge is 0.480 e. The van der Waals surface area contributed by atoms with Gasteiger partial charge in [0.25, 0.3) is 5.91 Å². The van der Waals surface area contributed by atoms with Crippen LogP contribution in [0.15, 0.2) is 72.8 Å². The summed E-state index contributed by atoms with van der Waals surface area (Å²) in [7, 11) is 1.28. The molecule has 0 radical (unpaired) electrons. The van der Waals surface area contributed by atoms with Crippen molar-refractivity contribution >= 4 is 29.4 Å². The zero-order chi connectivity index (χ0) is 26.9. The van der Waals surface area contributed by atoms with Crippen LogP contribution in [0.1, 0.15) is 35.3 Å². The average Bonchev–Trinajstić information content (AvgIpc) is 2.88. The quantitative estimate of drug-likeness (QED) is 0.315. The van der Waals surface area contributed by atoms with E-state index in [0.29, 0.717) is 11.6 Å². The van der Waals surface area contributed by atoms with E-state index in [9.17, 15) is 19.5 Å². The Labute approximate surface area is 221 Å². The third-order valence-corrected chi connectivity index (χ3v) is 6.41. The van der Waals surface area contributed by atoms with E-state index in [1.807, 2.05) is 62.4 Å². The number of halogens is 1. The molecule has 1 amide bonds. The van der Waals surface area contributed by atoms with Crippen LogP contribution in [0, 0.1) is 5.92 Å². The van der Waals surface area contributed by atoms with E-state index in [1.54, 1.807) is 24.3 Å². The van der Waals surface area contributed by atoms with Gasteiger partial charge in [-0.05, 0) is 40.3 Å². The van der Waals surface area contributed by atoms with E-state index < -0.39 is 29.9 Å². The molecule has 0 saturated carbocycles. The molecule has 8 heteroatoms. The smallest absolute Gasteiger partial charge is 0.328 e. The Balaban J connectivity index is 1.75. The number of aliphatic carboxylic acids is 1. The number of carbonyl (C=O) groups excluding carboxylic acids is 2. The number of carbonyl (C=O) groups is 3. The highest BCUT2D eigenvalue weighted by Gasteiger charge is 2.24. The molecule has 3 N–H and O–H groups in total. The zero-order valence-corrected chi connectivity index (χ0v) is 21.8. The van der Waals surface area contributed by atoms with Gasteiger partial charge in [0, 0.05) is 13.0 Å². The highest BCUT2D eigenvalue weighted by atomic mass is 35.5. The normalized spacial score (nSPS) is 12.6. The zero-order valence-electron chi connectivity index (χ0n) is 21.0. The van der Waals surface area contributed by atoms with Gasteiger partial charge in [0.15, 0.2) is 0 Å². The van der Waals surface area contributed by atoms with E-state index in [1.165, 1.54) is 7.11 Å². The summed E-state index contributed by atoms with van der Waals surface area (Å²) in [5.74, 6) is -1.94. The molecule has 0 spiro atoms. The average molecular weight is 523 g/mol. The van der Waals surface area contributed by atoms with Gasteiger partial charge in [-0.3, -0.25) is 9.59 Å². The lowest BCUT2D eigenvalue weighted by Gasteiger charge is -2.19. The number of amides is 1. The summed E-state index contributed by atoms with van der Waals surface area (Å²) in [5, 5.41) is 15.6. The fraction of sp³-hybridized carbons (Fsp3) is 0.276. The van der Waals surface area contributed by atoms with E-state index in [2.05, 4.69) is 10.6 Å². The molecular formula is C29H31ClN2O5. The summed E-state index contributed by atoms with van der Waals surface area (Å²) in [6.45, 7) is 4.15. The maximum atomic E-state index is 12.7. The van der Waals surface area contributed by atoms with Crippen molar-refractivity contribution < 1.29 is 24.2 Å². The Morgan fingerprint density at radius 2 is 1.59 bits per heavy atom. The number of methoxy groups -OCH3 is 1. The highest BCUT2D eigenvalue weighted by Crippen LogP contribution is 2.25. The molecule has 7 nitrogen and oxygen atoms in total. The maximum absolute atomic E-state index is 12.7. The van der Waals surface area contributed by atoms with E-state index in [4.69, 9.17) is 16.3 Å². The monoisotopic (exact) mass is 522 g/mol. The Morgan fingerprint density at radius 3 is 2.22 bits per heavy atom. The molecule has 0 aliphatic rings. The van der Waals surface area contributed by atoms with Crippen LogP contribution in [-0.4, -0.2) is 42.1 Å². The standard InChI is InChI=1S/C29H31ClN2O5/c1-18(2)26(28(34)35)31-17-21-8-4-5-9-22(21)20-14-12-19(13-15-20)16-25(29(36)37-3)32-27(33)23-10-6-7-11-24(23)30/h4-15,18,25-26,31H,16-17H2,1-3H3,(H,32,33)(H,34,35)/t25-,26+/m0/s1. The Kier molecular flexibility index (Phi) is 9.83. The van der Waals surface area contributed by atoms with E-state index in [0.717, 1.165) is 22.3 Å². The molecule has 0 aliphatic heterocycles. The van der Waals surface area contributed by atoms with Crippen LogP contribution in [0.2, 0.25) is 5.02 Å². The fourth-order valence-electron chi connectivity index (χ4n) is 4.06. The molecule has 0 bridgehead atoms. The number of carboxylic acids is 1. The number of rotatable bonds is 11. The number of ether oxygens (including phenoxy) is 1. The minimum absolute atomic E-state index is 0.0508. The molecule has 0 fully saturated rings. The predicted molar refractivity (Wildman–Crippen MR) is 143 cm³/mol. The Hall–Kier alpha value is -3.68. The van der Waals surface area contributed by atoms with Gasteiger partial charge < -0.3 is 20.5 Å². The van der Waals surface area contributed by atoms with Crippen LogP contribution in [0.5, 0.6) is 0 Å². The first-order chi connectivity index (χ1) is 17.7.